The molecule has 3 heterocycles. The van der Waals surface area contributed by atoms with Crippen molar-refractivity contribution in [2.24, 2.45) is 0 Å². The van der Waals surface area contributed by atoms with Crippen LogP contribution >= 0.6 is 0 Å². The molecule has 1 saturated heterocycles. The van der Waals surface area contributed by atoms with Crippen molar-refractivity contribution in [2.45, 2.75) is 6.92 Å². The van der Waals surface area contributed by atoms with Crippen LogP contribution in [0.15, 0.2) is 41.2 Å². The summed E-state index contributed by atoms with van der Waals surface area (Å²) in [5.74, 6) is 1.32. The van der Waals surface area contributed by atoms with Crippen molar-refractivity contribution < 1.29 is 19.0 Å². The Hall–Kier alpha value is -3.59. The highest BCUT2D eigenvalue weighted by molar-refractivity contribution is 5.94. The Balaban J connectivity index is 1.69. The standard InChI is InChI=1S/C23H24N4O5/c1-3-25-8-10-26(11-9-25)23-24-18-12-15(22(29)30-2)4-6-17(18)21(28)27(23)16-5-7-19-20(13-16)32-14-31-19/h4-7,12-13H,3,8-11,14H2,1-2H3. The van der Waals surface area contributed by atoms with Crippen molar-refractivity contribution in [3.63, 3.8) is 0 Å². The third-order valence-corrected chi connectivity index (χ3v) is 5.99. The second kappa shape index (κ2) is 8.16. The molecule has 0 spiro atoms. The van der Waals surface area contributed by atoms with E-state index in [1.165, 1.54) is 7.11 Å². The smallest absolute Gasteiger partial charge is 0.337 e. The van der Waals surface area contributed by atoms with Crippen molar-refractivity contribution in [1.82, 2.24) is 14.5 Å². The van der Waals surface area contributed by atoms with Gasteiger partial charge in [-0.15, -0.1) is 0 Å². The van der Waals surface area contributed by atoms with Gasteiger partial charge in [-0.05, 0) is 36.9 Å². The van der Waals surface area contributed by atoms with E-state index in [4.69, 9.17) is 19.2 Å². The van der Waals surface area contributed by atoms with Crippen LogP contribution in [0.25, 0.3) is 16.6 Å². The van der Waals surface area contributed by atoms with Gasteiger partial charge in [0.2, 0.25) is 12.7 Å². The predicted molar refractivity (Wildman–Crippen MR) is 119 cm³/mol. The molecular weight excluding hydrogens is 412 g/mol. The molecule has 2 aromatic carbocycles. The van der Waals surface area contributed by atoms with Gasteiger partial charge in [-0.25, -0.2) is 14.3 Å². The van der Waals surface area contributed by atoms with E-state index < -0.39 is 5.97 Å². The van der Waals surface area contributed by atoms with Gasteiger partial charge in [0.25, 0.3) is 5.56 Å². The third-order valence-electron chi connectivity index (χ3n) is 5.99. The van der Waals surface area contributed by atoms with Gasteiger partial charge in [-0.1, -0.05) is 6.92 Å². The fourth-order valence-electron chi connectivity index (χ4n) is 4.15. The second-order valence-corrected chi connectivity index (χ2v) is 7.73. The lowest BCUT2D eigenvalue weighted by Gasteiger charge is -2.35. The van der Waals surface area contributed by atoms with Gasteiger partial charge in [0.1, 0.15) is 0 Å². The average molecular weight is 436 g/mol. The number of fused-ring (bicyclic) bond motifs is 2. The van der Waals surface area contributed by atoms with E-state index in [0.29, 0.717) is 39.6 Å². The topological polar surface area (TPSA) is 86.1 Å². The summed E-state index contributed by atoms with van der Waals surface area (Å²) in [7, 11) is 1.33. The molecule has 1 aromatic heterocycles. The number of esters is 1. The van der Waals surface area contributed by atoms with E-state index in [9.17, 15) is 9.59 Å². The van der Waals surface area contributed by atoms with Crippen LogP contribution in [-0.2, 0) is 4.74 Å². The van der Waals surface area contributed by atoms with Crippen LogP contribution in [0.2, 0.25) is 0 Å². The fourth-order valence-corrected chi connectivity index (χ4v) is 4.15. The molecule has 5 rings (SSSR count). The number of carbonyl (C=O) groups is 1. The van der Waals surface area contributed by atoms with E-state index in [1.807, 2.05) is 6.07 Å². The minimum atomic E-state index is -0.466. The highest BCUT2D eigenvalue weighted by atomic mass is 16.7. The number of carbonyl (C=O) groups excluding carboxylic acids is 1. The summed E-state index contributed by atoms with van der Waals surface area (Å²) >= 11 is 0. The van der Waals surface area contributed by atoms with Crippen LogP contribution in [0.1, 0.15) is 17.3 Å². The molecule has 32 heavy (non-hydrogen) atoms. The molecule has 0 amide bonds. The molecule has 0 atom stereocenters. The number of rotatable bonds is 4. The van der Waals surface area contributed by atoms with Crippen molar-refractivity contribution in [3.8, 4) is 17.2 Å². The quantitative estimate of drug-likeness (QED) is 0.575. The number of methoxy groups -OCH3 is 1. The molecule has 0 aliphatic carbocycles. The van der Waals surface area contributed by atoms with E-state index in [0.717, 1.165) is 32.7 Å². The molecule has 3 aromatic rings. The number of nitrogens with zero attached hydrogens (tertiary/aromatic N) is 4. The molecule has 0 unspecified atom stereocenters. The summed E-state index contributed by atoms with van der Waals surface area (Å²) in [5.41, 5.74) is 1.26. The Morgan fingerprint density at radius 3 is 2.59 bits per heavy atom. The Labute approximate surface area is 184 Å². The van der Waals surface area contributed by atoms with Gasteiger partial charge >= 0.3 is 5.97 Å². The van der Waals surface area contributed by atoms with Crippen LogP contribution in [-0.4, -0.2) is 67.0 Å². The number of hydrogen-bond acceptors (Lipinski definition) is 8. The first-order valence-corrected chi connectivity index (χ1v) is 10.6. The number of benzene rings is 2. The van der Waals surface area contributed by atoms with Gasteiger partial charge in [0, 0.05) is 32.2 Å². The number of anilines is 1. The van der Waals surface area contributed by atoms with E-state index in [2.05, 4.69) is 16.7 Å². The fraction of sp³-hybridized carbons (Fsp3) is 0.348. The molecule has 9 heteroatoms. The number of ether oxygens (including phenoxy) is 3. The molecule has 0 saturated carbocycles. The molecule has 9 nitrogen and oxygen atoms in total. The number of likely N-dealkylation sites (N-methyl/N-ethyl adjacent to an activating group) is 1. The number of piperazine rings is 1. The van der Waals surface area contributed by atoms with Crippen molar-refractivity contribution >= 4 is 22.8 Å². The zero-order valence-electron chi connectivity index (χ0n) is 18.0. The van der Waals surface area contributed by atoms with Gasteiger partial charge in [0.05, 0.1) is 29.3 Å². The largest absolute Gasteiger partial charge is 0.465 e. The van der Waals surface area contributed by atoms with Crippen LogP contribution in [0, 0.1) is 0 Å². The summed E-state index contributed by atoms with van der Waals surface area (Å²) < 4.78 is 17.4. The Morgan fingerprint density at radius 1 is 1.06 bits per heavy atom. The van der Waals surface area contributed by atoms with Crippen LogP contribution in [0.4, 0.5) is 5.95 Å². The minimum Gasteiger partial charge on any atom is -0.465 e. The van der Waals surface area contributed by atoms with Crippen LogP contribution in [0.5, 0.6) is 11.5 Å². The van der Waals surface area contributed by atoms with Crippen molar-refractivity contribution in [1.29, 1.82) is 0 Å². The zero-order valence-corrected chi connectivity index (χ0v) is 18.0. The Bertz CT molecular complexity index is 1250. The average Bonchev–Trinajstić information content (AvgIpc) is 3.31. The Kier molecular flexibility index (Phi) is 5.18. The molecule has 2 aliphatic heterocycles. The lowest BCUT2D eigenvalue weighted by molar-refractivity contribution is 0.0601. The molecule has 0 bridgehead atoms. The minimum absolute atomic E-state index is 0.159. The summed E-state index contributed by atoms with van der Waals surface area (Å²) in [4.78, 5) is 35.0. The maximum Gasteiger partial charge on any atom is 0.337 e. The predicted octanol–water partition coefficient (Wildman–Crippen LogP) is 2.04. The number of hydrogen-bond donors (Lipinski definition) is 0. The lowest BCUT2D eigenvalue weighted by atomic mass is 10.1. The van der Waals surface area contributed by atoms with E-state index in [1.54, 1.807) is 34.9 Å². The first kappa shape index (κ1) is 20.3. The van der Waals surface area contributed by atoms with Gasteiger partial charge in [-0.3, -0.25) is 4.79 Å². The normalized spacial score (nSPS) is 15.9. The molecule has 1 fully saturated rings. The van der Waals surface area contributed by atoms with Gasteiger partial charge in [-0.2, -0.15) is 0 Å². The molecular formula is C23H24N4O5. The molecule has 0 N–H and O–H groups in total. The highest BCUT2D eigenvalue weighted by Crippen LogP contribution is 2.34. The van der Waals surface area contributed by atoms with Crippen LogP contribution < -0.4 is 19.9 Å². The second-order valence-electron chi connectivity index (χ2n) is 7.73. The SMILES string of the molecule is CCN1CCN(c2nc3cc(C(=O)OC)ccc3c(=O)n2-c2ccc3c(c2)OCO3)CC1. The summed E-state index contributed by atoms with van der Waals surface area (Å²) in [5, 5.41) is 0.422. The Morgan fingerprint density at radius 2 is 1.84 bits per heavy atom. The first-order valence-electron chi connectivity index (χ1n) is 10.6. The molecule has 0 radical (unpaired) electrons. The maximum absolute atomic E-state index is 13.7. The zero-order chi connectivity index (χ0) is 22.2. The summed E-state index contributed by atoms with van der Waals surface area (Å²) in [6.07, 6.45) is 0. The monoisotopic (exact) mass is 436 g/mol. The number of aromatic nitrogens is 2. The third kappa shape index (κ3) is 3.44. The summed E-state index contributed by atoms with van der Waals surface area (Å²) in [6, 6.07) is 10.2. The first-order chi connectivity index (χ1) is 15.6. The van der Waals surface area contributed by atoms with Crippen LogP contribution in [0.3, 0.4) is 0 Å². The van der Waals surface area contributed by atoms with Gasteiger partial charge < -0.3 is 24.0 Å². The van der Waals surface area contributed by atoms with Crippen molar-refractivity contribution in [2.75, 3.05) is 51.5 Å². The highest BCUT2D eigenvalue weighted by Gasteiger charge is 2.24. The van der Waals surface area contributed by atoms with E-state index >= 15 is 0 Å². The van der Waals surface area contributed by atoms with Gasteiger partial charge in [0.15, 0.2) is 11.5 Å². The maximum atomic E-state index is 13.7. The summed E-state index contributed by atoms with van der Waals surface area (Å²) in [6.45, 7) is 6.53. The van der Waals surface area contributed by atoms with Crippen molar-refractivity contribution in [3.05, 3.63) is 52.3 Å². The lowest BCUT2D eigenvalue weighted by Crippen LogP contribution is -2.48. The van der Waals surface area contributed by atoms with E-state index in [-0.39, 0.29) is 12.4 Å². The molecule has 2 aliphatic rings. The molecule has 166 valence electrons.